The largest absolute Gasteiger partial charge is 0.444 e. The van der Waals surface area contributed by atoms with Crippen molar-refractivity contribution in [3.05, 3.63) is 0 Å². The molecule has 6 heteroatoms. The van der Waals surface area contributed by atoms with Crippen molar-refractivity contribution >= 4 is 14.4 Å². The minimum atomic E-state index is -1.90. The second kappa shape index (κ2) is 6.37. The van der Waals surface area contributed by atoms with Gasteiger partial charge in [0.25, 0.3) is 0 Å². The van der Waals surface area contributed by atoms with Gasteiger partial charge in [0.2, 0.25) is 0 Å². The van der Waals surface area contributed by atoms with Gasteiger partial charge < -0.3 is 19.8 Å². The summed E-state index contributed by atoms with van der Waals surface area (Å²) in [5, 5.41) is 0.131. The van der Waals surface area contributed by atoms with E-state index in [1.54, 1.807) is 4.90 Å². The van der Waals surface area contributed by atoms with Crippen LogP contribution in [0.1, 0.15) is 54.9 Å². The topological polar surface area (TPSA) is 64.8 Å². The average molecular weight is 345 g/mol. The van der Waals surface area contributed by atoms with Crippen molar-refractivity contribution in [3.63, 3.8) is 0 Å². The van der Waals surface area contributed by atoms with Crippen molar-refractivity contribution in [2.24, 2.45) is 5.73 Å². The molecule has 23 heavy (non-hydrogen) atoms. The van der Waals surface area contributed by atoms with Gasteiger partial charge in [0.1, 0.15) is 5.60 Å². The van der Waals surface area contributed by atoms with E-state index < -0.39 is 19.5 Å². The molecule has 1 aliphatic rings. The summed E-state index contributed by atoms with van der Waals surface area (Å²) in [6.45, 7) is 19.8. The predicted molar refractivity (Wildman–Crippen MR) is 97.1 cm³/mol. The molecule has 1 rings (SSSR count). The fourth-order valence-electron chi connectivity index (χ4n) is 2.53. The molecule has 0 spiro atoms. The minimum absolute atomic E-state index is 0.0350. The fourth-order valence-corrected chi connectivity index (χ4v) is 3.88. The summed E-state index contributed by atoms with van der Waals surface area (Å²) >= 11 is 0. The maximum atomic E-state index is 12.4. The number of ether oxygens (including phenoxy) is 1. The number of rotatable bonds is 2. The molecule has 1 amide bonds. The number of likely N-dealkylation sites (tertiary alicyclic amines) is 1. The van der Waals surface area contributed by atoms with Crippen LogP contribution in [-0.4, -0.2) is 49.6 Å². The van der Waals surface area contributed by atoms with Gasteiger partial charge in [0.15, 0.2) is 8.32 Å². The zero-order chi connectivity index (χ0) is 18.3. The standard InChI is InChI=1S/C17H36N2O3Si/c1-15(2,3)21-14(20)19-11-13(10-17(7,18)12-19)22-23(8,9)16(4,5)6/h13H,10-12,18H2,1-9H3. The van der Waals surface area contributed by atoms with Crippen molar-refractivity contribution in [2.75, 3.05) is 13.1 Å². The molecule has 1 aliphatic heterocycles. The van der Waals surface area contributed by atoms with E-state index in [0.717, 1.165) is 6.42 Å². The van der Waals surface area contributed by atoms with Crippen LogP contribution < -0.4 is 5.73 Å². The first-order valence-corrected chi connectivity index (χ1v) is 11.4. The Labute approximate surface area is 143 Å². The third kappa shape index (κ3) is 6.08. The van der Waals surface area contributed by atoms with Crippen LogP contribution in [0.15, 0.2) is 0 Å². The van der Waals surface area contributed by atoms with E-state index in [0.29, 0.717) is 13.1 Å². The van der Waals surface area contributed by atoms with Crippen LogP contribution in [0.3, 0.4) is 0 Å². The molecule has 0 aliphatic carbocycles. The molecule has 2 N–H and O–H groups in total. The second-order valence-corrected chi connectivity index (χ2v) is 14.5. The fraction of sp³-hybridized carbons (Fsp3) is 0.941. The Morgan fingerprint density at radius 3 is 2.17 bits per heavy atom. The number of carbonyl (C=O) groups excluding carboxylic acids is 1. The number of hydrogen-bond acceptors (Lipinski definition) is 4. The first-order chi connectivity index (χ1) is 10.0. The lowest BCUT2D eigenvalue weighted by Crippen LogP contribution is -2.61. The molecule has 1 heterocycles. The maximum Gasteiger partial charge on any atom is 0.410 e. The van der Waals surface area contributed by atoms with E-state index in [-0.39, 0.29) is 17.2 Å². The molecule has 136 valence electrons. The summed E-state index contributed by atoms with van der Waals surface area (Å²) in [6, 6.07) is 0. The highest BCUT2D eigenvalue weighted by Crippen LogP contribution is 2.38. The number of carbonyl (C=O) groups is 1. The van der Waals surface area contributed by atoms with Gasteiger partial charge in [-0.1, -0.05) is 20.8 Å². The van der Waals surface area contributed by atoms with E-state index in [2.05, 4.69) is 33.9 Å². The third-order valence-corrected chi connectivity index (χ3v) is 9.12. The lowest BCUT2D eigenvalue weighted by atomic mass is 9.91. The SMILES string of the molecule is CC1(N)CC(O[Si](C)(C)C(C)(C)C)CN(C(=O)OC(C)(C)C)C1. The Hall–Kier alpha value is -0.593. The summed E-state index contributed by atoms with van der Waals surface area (Å²) in [7, 11) is -1.90. The van der Waals surface area contributed by atoms with Crippen molar-refractivity contribution in [1.82, 2.24) is 4.90 Å². The highest BCUT2D eigenvalue weighted by atomic mass is 28.4. The molecular weight excluding hydrogens is 308 g/mol. The highest BCUT2D eigenvalue weighted by molar-refractivity contribution is 6.74. The van der Waals surface area contributed by atoms with E-state index >= 15 is 0 Å². The first kappa shape index (κ1) is 20.5. The van der Waals surface area contributed by atoms with Gasteiger partial charge in [-0.2, -0.15) is 0 Å². The zero-order valence-electron chi connectivity index (χ0n) is 16.4. The molecule has 2 atom stereocenters. The summed E-state index contributed by atoms with van der Waals surface area (Å²) in [5.74, 6) is 0. The van der Waals surface area contributed by atoms with Crippen LogP contribution in [-0.2, 0) is 9.16 Å². The molecule has 0 radical (unpaired) electrons. The molecule has 0 aromatic heterocycles. The normalized spacial score (nSPS) is 27.0. The Morgan fingerprint density at radius 2 is 1.74 bits per heavy atom. The molecule has 2 unspecified atom stereocenters. The third-order valence-electron chi connectivity index (χ3n) is 4.59. The van der Waals surface area contributed by atoms with Crippen LogP contribution in [0.4, 0.5) is 4.79 Å². The van der Waals surface area contributed by atoms with Gasteiger partial charge in [0, 0.05) is 18.6 Å². The highest BCUT2D eigenvalue weighted by Gasteiger charge is 2.43. The van der Waals surface area contributed by atoms with Crippen LogP contribution in [0.25, 0.3) is 0 Å². The molecule has 5 nitrogen and oxygen atoms in total. The summed E-state index contributed by atoms with van der Waals surface area (Å²) in [5.41, 5.74) is 5.41. The van der Waals surface area contributed by atoms with E-state index in [1.165, 1.54) is 0 Å². The van der Waals surface area contributed by atoms with Gasteiger partial charge in [-0.25, -0.2) is 4.79 Å². The maximum absolute atomic E-state index is 12.4. The smallest absolute Gasteiger partial charge is 0.410 e. The summed E-state index contributed by atoms with van der Waals surface area (Å²) in [6.07, 6.45) is 0.420. The van der Waals surface area contributed by atoms with Gasteiger partial charge in [-0.05, 0) is 52.2 Å². The number of nitrogens with two attached hydrogens (primary N) is 1. The number of hydrogen-bond donors (Lipinski definition) is 1. The van der Waals surface area contributed by atoms with Crippen LogP contribution in [0, 0.1) is 0 Å². The number of piperidine rings is 1. The van der Waals surface area contributed by atoms with Gasteiger partial charge in [-0.3, -0.25) is 0 Å². The molecule has 1 fully saturated rings. The molecule has 0 aromatic carbocycles. The van der Waals surface area contributed by atoms with Crippen molar-refractivity contribution in [1.29, 1.82) is 0 Å². The number of nitrogens with zero attached hydrogens (tertiary/aromatic N) is 1. The quantitative estimate of drug-likeness (QED) is 0.775. The Bertz CT molecular complexity index is 436. The lowest BCUT2D eigenvalue weighted by molar-refractivity contribution is -0.00739. The molecule has 0 aromatic rings. The Balaban J connectivity index is 2.85. The Morgan fingerprint density at radius 1 is 1.22 bits per heavy atom. The molecular formula is C17H36N2O3Si. The minimum Gasteiger partial charge on any atom is -0.444 e. The summed E-state index contributed by atoms with van der Waals surface area (Å²) in [4.78, 5) is 14.1. The van der Waals surface area contributed by atoms with Crippen LogP contribution in [0.5, 0.6) is 0 Å². The van der Waals surface area contributed by atoms with Gasteiger partial charge in [0.05, 0.1) is 6.10 Å². The van der Waals surface area contributed by atoms with Crippen molar-refractivity contribution in [3.8, 4) is 0 Å². The Kier molecular flexibility index (Phi) is 5.67. The second-order valence-electron chi connectivity index (χ2n) is 9.72. The predicted octanol–water partition coefficient (Wildman–Crippen LogP) is 3.74. The monoisotopic (exact) mass is 344 g/mol. The lowest BCUT2D eigenvalue weighted by Gasteiger charge is -2.46. The molecule has 0 bridgehead atoms. The molecule has 0 saturated carbocycles. The average Bonchev–Trinajstić information content (AvgIpc) is 2.21. The zero-order valence-corrected chi connectivity index (χ0v) is 17.4. The van der Waals surface area contributed by atoms with Crippen LogP contribution in [0.2, 0.25) is 18.1 Å². The summed E-state index contributed by atoms with van der Waals surface area (Å²) < 4.78 is 12.0. The van der Waals surface area contributed by atoms with Crippen LogP contribution >= 0.6 is 0 Å². The first-order valence-electron chi connectivity index (χ1n) is 8.47. The van der Waals surface area contributed by atoms with E-state index in [1.807, 2.05) is 27.7 Å². The van der Waals surface area contributed by atoms with E-state index in [9.17, 15) is 4.79 Å². The number of amides is 1. The van der Waals surface area contributed by atoms with Crippen molar-refractivity contribution in [2.45, 2.75) is 90.3 Å². The van der Waals surface area contributed by atoms with E-state index in [4.69, 9.17) is 14.9 Å². The van der Waals surface area contributed by atoms with Gasteiger partial charge >= 0.3 is 6.09 Å². The van der Waals surface area contributed by atoms with Gasteiger partial charge in [-0.15, -0.1) is 0 Å². The molecule has 1 saturated heterocycles. The van der Waals surface area contributed by atoms with Crippen molar-refractivity contribution < 1.29 is 14.0 Å².